The summed E-state index contributed by atoms with van der Waals surface area (Å²) in [6, 6.07) is 5.58. The highest BCUT2D eigenvalue weighted by molar-refractivity contribution is 5.92. The summed E-state index contributed by atoms with van der Waals surface area (Å²) in [5.41, 5.74) is 0. The number of aromatic nitrogens is 3. The standard InChI is InChI=1S/C11H11FN4O2/c1-7(10(17)15-11-13-6-14-16-11)18-9-4-2-3-8(12)5-9/h2-7H,1H3,(H2,13,14,15,16,17)/t7-/m1/s1. The maximum atomic E-state index is 12.9. The second kappa shape index (κ2) is 5.26. The van der Waals surface area contributed by atoms with Crippen LogP contribution >= 0.6 is 0 Å². The lowest BCUT2D eigenvalue weighted by atomic mass is 10.3. The Morgan fingerprint density at radius 2 is 2.39 bits per heavy atom. The van der Waals surface area contributed by atoms with Crippen LogP contribution in [-0.2, 0) is 4.79 Å². The van der Waals surface area contributed by atoms with Crippen LogP contribution in [0, 0.1) is 5.82 Å². The fourth-order valence-corrected chi connectivity index (χ4v) is 1.28. The summed E-state index contributed by atoms with van der Waals surface area (Å²) >= 11 is 0. The van der Waals surface area contributed by atoms with Crippen molar-refractivity contribution in [3.8, 4) is 5.75 Å². The molecule has 1 aromatic heterocycles. The zero-order valence-corrected chi connectivity index (χ0v) is 9.55. The average molecular weight is 250 g/mol. The van der Waals surface area contributed by atoms with Gasteiger partial charge in [0.05, 0.1) is 0 Å². The van der Waals surface area contributed by atoms with E-state index in [2.05, 4.69) is 20.5 Å². The highest BCUT2D eigenvalue weighted by Crippen LogP contribution is 2.14. The van der Waals surface area contributed by atoms with Crippen molar-refractivity contribution in [2.45, 2.75) is 13.0 Å². The van der Waals surface area contributed by atoms with Crippen LogP contribution in [-0.4, -0.2) is 27.2 Å². The van der Waals surface area contributed by atoms with Gasteiger partial charge in [0.2, 0.25) is 5.95 Å². The number of nitrogens with one attached hydrogen (secondary N) is 2. The molecule has 2 rings (SSSR count). The Labute approximate surface area is 102 Å². The number of benzene rings is 1. The number of aromatic amines is 1. The van der Waals surface area contributed by atoms with Crippen LogP contribution in [0.5, 0.6) is 5.75 Å². The molecule has 6 nitrogen and oxygen atoms in total. The molecular weight excluding hydrogens is 239 g/mol. The largest absolute Gasteiger partial charge is 0.481 e. The van der Waals surface area contributed by atoms with Crippen molar-refractivity contribution in [1.82, 2.24) is 15.2 Å². The monoisotopic (exact) mass is 250 g/mol. The molecule has 7 heteroatoms. The number of ether oxygens (including phenoxy) is 1. The van der Waals surface area contributed by atoms with Crippen molar-refractivity contribution in [3.63, 3.8) is 0 Å². The molecule has 1 heterocycles. The van der Waals surface area contributed by atoms with E-state index in [1.54, 1.807) is 13.0 Å². The highest BCUT2D eigenvalue weighted by Gasteiger charge is 2.15. The molecule has 0 aliphatic rings. The molecule has 1 aromatic carbocycles. The van der Waals surface area contributed by atoms with E-state index in [9.17, 15) is 9.18 Å². The van der Waals surface area contributed by atoms with Crippen LogP contribution in [0.3, 0.4) is 0 Å². The van der Waals surface area contributed by atoms with E-state index in [0.29, 0.717) is 0 Å². The van der Waals surface area contributed by atoms with Crippen LogP contribution in [0.1, 0.15) is 6.92 Å². The van der Waals surface area contributed by atoms with Crippen molar-refractivity contribution in [3.05, 3.63) is 36.4 Å². The second-order valence-corrected chi connectivity index (χ2v) is 3.54. The van der Waals surface area contributed by atoms with Crippen molar-refractivity contribution < 1.29 is 13.9 Å². The summed E-state index contributed by atoms with van der Waals surface area (Å²) in [7, 11) is 0. The number of rotatable bonds is 4. The number of hydrogen-bond acceptors (Lipinski definition) is 4. The number of H-pyrrole nitrogens is 1. The van der Waals surface area contributed by atoms with Crippen LogP contribution in [0.25, 0.3) is 0 Å². The minimum atomic E-state index is -0.781. The molecule has 0 unspecified atom stereocenters. The Hall–Kier alpha value is -2.44. The Kier molecular flexibility index (Phi) is 3.52. The lowest BCUT2D eigenvalue weighted by molar-refractivity contribution is -0.122. The highest BCUT2D eigenvalue weighted by atomic mass is 19.1. The molecule has 0 fully saturated rings. The van der Waals surface area contributed by atoms with Gasteiger partial charge >= 0.3 is 0 Å². The SMILES string of the molecule is C[C@@H](Oc1cccc(F)c1)C(=O)Nc1ncn[nH]1. The fourth-order valence-electron chi connectivity index (χ4n) is 1.28. The number of nitrogens with zero attached hydrogens (tertiary/aromatic N) is 2. The minimum Gasteiger partial charge on any atom is -0.481 e. The first kappa shape index (κ1) is 12.0. The van der Waals surface area contributed by atoms with E-state index < -0.39 is 17.8 Å². The molecule has 2 N–H and O–H groups in total. The minimum absolute atomic E-state index is 0.231. The van der Waals surface area contributed by atoms with E-state index in [-0.39, 0.29) is 11.7 Å². The van der Waals surface area contributed by atoms with Crippen LogP contribution in [0.2, 0.25) is 0 Å². The molecule has 18 heavy (non-hydrogen) atoms. The summed E-state index contributed by atoms with van der Waals surface area (Å²) in [5.74, 6) is -0.309. The van der Waals surface area contributed by atoms with Crippen molar-refractivity contribution in [1.29, 1.82) is 0 Å². The average Bonchev–Trinajstić information content (AvgIpc) is 2.81. The molecule has 0 aliphatic carbocycles. The lowest BCUT2D eigenvalue weighted by Gasteiger charge is -2.13. The van der Waals surface area contributed by atoms with E-state index in [0.717, 1.165) is 0 Å². The number of amides is 1. The molecular formula is C11H11FN4O2. The van der Waals surface area contributed by atoms with Gasteiger partial charge in [-0.25, -0.2) is 9.49 Å². The van der Waals surface area contributed by atoms with E-state index >= 15 is 0 Å². The van der Waals surface area contributed by atoms with Gasteiger partial charge in [-0.2, -0.15) is 10.1 Å². The van der Waals surface area contributed by atoms with Crippen LogP contribution in [0.4, 0.5) is 10.3 Å². The molecule has 0 spiro atoms. The Bertz CT molecular complexity index is 530. The molecule has 1 atom stereocenters. The Morgan fingerprint density at radius 1 is 1.56 bits per heavy atom. The van der Waals surface area contributed by atoms with Crippen LogP contribution in [0.15, 0.2) is 30.6 Å². The van der Waals surface area contributed by atoms with Crippen molar-refractivity contribution in [2.75, 3.05) is 5.32 Å². The zero-order valence-electron chi connectivity index (χ0n) is 9.55. The van der Waals surface area contributed by atoms with E-state index in [1.807, 2.05) is 0 Å². The van der Waals surface area contributed by atoms with Gasteiger partial charge in [-0.3, -0.25) is 10.1 Å². The molecule has 0 saturated carbocycles. The lowest BCUT2D eigenvalue weighted by Crippen LogP contribution is -2.30. The van der Waals surface area contributed by atoms with Gasteiger partial charge in [0.25, 0.3) is 5.91 Å². The molecule has 0 aliphatic heterocycles. The summed E-state index contributed by atoms with van der Waals surface area (Å²) in [4.78, 5) is 15.4. The number of hydrogen-bond donors (Lipinski definition) is 2. The molecule has 0 radical (unpaired) electrons. The molecule has 2 aromatic rings. The number of halogens is 1. The van der Waals surface area contributed by atoms with Gasteiger partial charge in [-0.1, -0.05) is 6.07 Å². The Morgan fingerprint density at radius 3 is 3.06 bits per heavy atom. The van der Waals surface area contributed by atoms with Gasteiger partial charge in [0.1, 0.15) is 17.9 Å². The topological polar surface area (TPSA) is 79.9 Å². The van der Waals surface area contributed by atoms with E-state index in [4.69, 9.17) is 4.74 Å². The third-order valence-corrected chi connectivity index (χ3v) is 2.13. The van der Waals surface area contributed by atoms with Gasteiger partial charge in [0.15, 0.2) is 6.10 Å². The third-order valence-electron chi connectivity index (χ3n) is 2.13. The number of anilines is 1. The maximum absolute atomic E-state index is 12.9. The first-order chi connectivity index (χ1) is 8.65. The summed E-state index contributed by atoms with van der Waals surface area (Å²) < 4.78 is 18.2. The first-order valence-electron chi connectivity index (χ1n) is 5.23. The quantitative estimate of drug-likeness (QED) is 0.858. The summed E-state index contributed by atoms with van der Waals surface area (Å²) in [6.45, 7) is 1.55. The third kappa shape index (κ3) is 3.03. The normalized spacial score (nSPS) is 11.9. The molecule has 1 amide bonds. The number of carbonyl (C=O) groups is 1. The summed E-state index contributed by atoms with van der Waals surface area (Å²) in [5, 5.41) is 8.55. The van der Waals surface area contributed by atoms with Crippen molar-refractivity contribution >= 4 is 11.9 Å². The predicted octanol–water partition coefficient (Wildman–Crippen LogP) is 1.35. The van der Waals surface area contributed by atoms with Crippen LogP contribution < -0.4 is 10.1 Å². The molecule has 94 valence electrons. The maximum Gasteiger partial charge on any atom is 0.267 e. The van der Waals surface area contributed by atoms with Gasteiger partial charge in [0, 0.05) is 6.07 Å². The zero-order chi connectivity index (χ0) is 13.0. The predicted molar refractivity (Wildman–Crippen MR) is 61.5 cm³/mol. The second-order valence-electron chi connectivity index (χ2n) is 3.54. The fraction of sp³-hybridized carbons (Fsp3) is 0.182. The first-order valence-corrected chi connectivity index (χ1v) is 5.23. The van der Waals surface area contributed by atoms with E-state index in [1.165, 1.54) is 24.5 Å². The van der Waals surface area contributed by atoms with Gasteiger partial charge in [-0.15, -0.1) is 0 Å². The van der Waals surface area contributed by atoms with Crippen molar-refractivity contribution in [2.24, 2.45) is 0 Å². The molecule has 0 bridgehead atoms. The van der Waals surface area contributed by atoms with Gasteiger partial charge in [-0.05, 0) is 19.1 Å². The van der Waals surface area contributed by atoms with Gasteiger partial charge < -0.3 is 4.74 Å². The smallest absolute Gasteiger partial charge is 0.267 e. The molecule has 0 saturated heterocycles. The Balaban J connectivity index is 1.95. The number of carbonyl (C=O) groups excluding carboxylic acids is 1. The summed E-state index contributed by atoms with van der Waals surface area (Å²) in [6.07, 6.45) is 0.491.